The van der Waals surface area contributed by atoms with Crippen molar-refractivity contribution in [3.63, 3.8) is 0 Å². The normalized spacial score (nSPS) is 9.91. The van der Waals surface area contributed by atoms with Crippen LogP contribution in [0.3, 0.4) is 0 Å². The largest absolute Gasteiger partial charge is 0.384 e. The number of methoxy groups -OCH3 is 1. The maximum Gasteiger partial charge on any atom is 0.132 e. The fourth-order valence-corrected chi connectivity index (χ4v) is 0.729. The van der Waals surface area contributed by atoms with E-state index in [2.05, 4.69) is 9.97 Å². The molecule has 11 heavy (non-hydrogen) atoms. The molecule has 0 aliphatic carbocycles. The molecule has 0 radical (unpaired) electrons. The number of rotatable bonds is 3. The molecule has 0 aliphatic rings. The number of anilines is 1. The molecule has 1 heterocycles. The van der Waals surface area contributed by atoms with Gasteiger partial charge in [0.25, 0.3) is 0 Å². The molecular formula is C7H11N3O. The van der Waals surface area contributed by atoms with Gasteiger partial charge in [0.05, 0.1) is 6.61 Å². The first kappa shape index (κ1) is 7.94. The molecule has 4 nitrogen and oxygen atoms in total. The third-order valence-electron chi connectivity index (χ3n) is 1.26. The van der Waals surface area contributed by atoms with E-state index in [1.165, 1.54) is 0 Å². The second-order valence-electron chi connectivity index (χ2n) is 2.14. The summed E-state index contributed by atoms with van der Waals surface area (Å²) in [5.74, 6) is 1.23. The van der Waals surface area contributed by atoms with Crippen LogP contribution in [0.15, 0.2) is 12.3 Å². The van der Waals surface area contributed by atoms with Crippen molar-refractivity contribution in [1.82, 2.24) is 9.97 Å². The topological polar surface area (TPSA) is 61.0 Å². The highest BCUT2D eigenvalue weighted by molar-refractivity contribution is 5.24. The van der Waals surface area contributed by atoms with E-state index in [9.17, 15) is 0 Å². The molecule has 0 aliphatic heterocycles. The predicted octanol–water partition coefficient (Wildman–Crippen LogP) is 0.248. The SMILES string of the molecule is COCCc1nccc(N)n1. The van der Waals surface area contributed by atoms with E-state index in [4.69, 9.17) is 10.5 Å². The summed E-state index contributed by atoms with van der Waals surface area (Å²) in [7, 11) is 1.65. The zero-order chi connectivity index (χ0) is 8.10. The summed E-state index contributed by atoms with van der Waals surface area (Å²) in [6.07, 6.45) is 2.36. The van der Waals surface area contributed by atoms with Crippen molar-refractivity contribution in [2.75, 3.05) is 19.5 Å². The molecule has 0 saturated carbocycles. The molecule has 2 N–H and O–H groups in total. The zero-order valence-electron chi connectivity index (χ0n) is 6.45. The highest BCUT2D eigenvalue weighted by Crippen LogP contribution is 1.96. The Bertz CT molecular complexity index is 227. The van der Waals surface area contributed by atoms with E-state index in [1.54, 1.807) is 19.4 Å². The van der Waals surface area contributed by atoms with Gasteiger partial charge in [0.15, 0.2) is 0 Å². The van der Waals surface area contributed by atoms with E-state index < -0.39 is 0 Å². The molecule has 0 aromatic carbocycles. The molecule has 0 fully saturated rings. The molecular weight excluding hydrogens is 142 g/mol. The predicted molar refractivity (Wildman–Crippen MR) is 42.0 cm³/mol. The lowest BCUT2D eigenvalue weighted by Crippen LogP contribution is -2.02. The van der Waals surface area contributed by atoms with Gasteiger partial charge in [-0.1, -0.05) is 0 Å². The van der Waals surface area contributed by atoms with Gasteiger partial charge in [-0.3, -0.25) is 0 Å². The standard InChI is InChI=1S/C7H11N3O/c1-11-5-3-7-9-4-2-6(8)10-7/h2,4H,3,5H2,1H3,(H2,8,9,10). The van der Waals surface area contributed by atoms with E-state index >= 15 is 0 Å². The van der Waals surface area contributed by atoms with Crippen LogP contribution >= 0.6 is 0 Å². The second kappa shape index (κ2) is 3.88. The second-order valence-corrected chi connectivity index (χ2v) is 2.14. The molecule has 0 spiro atoms. The summed E-state index contributed by atoms with van der Waals surface area (Å²) in [6.45, 7) is 0.628. The van der Waals surface area contributed by atoms with Crippen LogP contribution in [0.4, 0.5) is 5.82 Å². The molecule has 4 heteroatoms. The maximum atomic E-state index is 5.44. The average Bonchev–Trinajstić information content (AvgIpc) is 2.01. The Labute approximate surface area is 65.4 Å². The third kappa shape index (κ3) is 2.51. The van der Waals surface area contributed by atoms with Crippen molar-refractivity contribution in [1.29, 1.82) is 0 Å². The van der Waals surface area contributed by atoms with E-state index in [-0.39, 0.29) is 0 Å². The summed E-state index contributed by atoms with van der Waals surface area (Å²) in [5, 5.41) is 0. The van der Waals surface area contributed by atoms with Gasteiger partial charge in [-0.25, -0.2) is 9.97 Å². The Hall–Kier alpha value is -1.16. The van der Waals surface area contributed by atoms with Crippen LogP contribution in [0.5, 0.6) is 0 Å². The fourth-order valence-electron chi connectivity index (χ4n) is 0.729. The molecule has 0 saturated heterocycles. The van der Waals surface area contributed by atoms with Crippen molar-refractivity contribution in [2.45, 2.75) is 6.42 Å². The molecule has 0 unspecified atom stereocenters. The van der Waals surface area contributed by atoms with Gasteiger partial charge in [0.1, 0.15) is 11.6 Å². The Morgan fingerprint density at radius 1 is 1.64 bits per heavy atom. The molecule has 1 rings (SSSR count). The van der Waals surface area contributed by atoms with E-state index in [0.717, 1.165) is 5.82 Å². The van der Waals surface area contributed by atoms with Gasteiger partial charge in [-0.2, -0.15) is 0 Å². The lowest BCUT2D eigenvalue weighted by Gasteiger charge is -1.98. The lowest BCUT2D eigenvalue weighted by atomic mass is 10.4. The molecule has 0 atom stereocenters. The van der Waals surface area contributed by atoms with Gasteiger partial charge in [-0.05, 0) is 6.07 Å². The third-order valence-corrected chi connectivity index (χ3v) is 1.26. The van der Waals surface area contributed by atoms with Crippen molar-refractivity contribution in [3.8, 4) is 0 Å². The van der Waals surface area contributed by atoms with E-state index in [0.29, 0.717) is 18.8 Å². The van der Waals surface area contributed by atoms with Gasteiger partial charge < -0.3 is 10.5 Å². The summed E-state index contributed by atoms with van der Waals surface area (Å²) in [4.78, 5) is 8.00. The molecule has 60 valence electrons. The summed E-state index contributed by atoms with van der Waals surface area (Å²) in [6, 6.07) is 1.66. The first-order valence-corrected chi connectivity index (χ1v) is 3.39. The number of ether oxygens (including phenoxy) is 1. The number of hydrogen-bond acceptors (Lipinski definition) is 4. The van der Waals surface area contributed by atoms with Gasteiger partial charge in [0, 0.05) is 19.7 Å². The van der Waals surface area contributed by atoms with Crippen molar-refractivity contribution < 1.29 is 4.74 Å². The monoisotopic (exact) mass is 153 g/mol. The van der Waals surface area contributed by atoms with Crippen molar-refractivity contribution in [3.05, 3.63) is 18.1 Å². The minimum Gasteiger partial charge on any atom is -0.384 e. The van der Waals surface area contributed by atoms with Crippen LogP contribution in [-0.4, -0.2) is 23.7 Å². The van der Waals surface area contributed by atoms with E-state index in [1.807, 2.05) is 0 Å². The van der Waals surface area contributed by atoms with Crippen LogP contribution in [0.1, 0.15) is 5.82 Å². The number of hydrogen-bond donors (Lipinski definition) is 1. The Morgan fingerprint density at radius 3 is 3.09 bits per heavy atom. The first-order chi connectivity index (χ1) is 5.33. The quantitative estimate of drug-likeness (QED) is 0.676. The molecule has 0 bridgehead atoms. The average molecular weight is 153 g/mol. The van der Waals surface area contributed by atoms with Gasteiger partial charge in [0.2, 0.25) is 0 Å². The summed E-state index contributed by atoms with van der Waals surface area (Å²) in [5.41, 5.74) is 5.44. The van der Waals surface area contributed by atoms with Gasteiger partial charge >= 0.3 is 0 Å². The number of aromatic nitrogens is 2. The number of nitrogens with two attached hydrogens (primary N) is 1. The van der Waals surface area contributed by atoms with Crippen molar-refractivity contribution in [2.24, 2.45) is 0 Å². The van der Waals surface area contributed by atoms with Crippen LogP contribution in [0.2, 0.25) is 0 Å². The number of nitrogen functional groups attached to an aromatic ring is 1. The molecule has 1 aromatic heterocycles. The highest BCUT2D eigenvalue weighted by atomic mass is 16.5. The Morgan fingerprint density at radius 2 is 2.45 bits per heavy atom. The highest BCUT2D eigenvalue weighted by Gasteiger charge is 1.94. The minimum absolute atomic E-state index is 0.506. The Kier molecular flexibility index (Phi) is 2.80. The van der Waals surface area contributed by atoms with Crippen LogP contribution in [0.25, 0.3) is 0 Å². The summed E-state index contributed by atoms with van der Waals surface area (Å²) >= 11 is 0. The first-order valence-electron chi connectivity index (χ1n) is 3.39. The fraction of sp³-hybridized carbons (Fsp3) is 0.429. The molecule has 0 amide bonds. The van der Waals surface area contributed by atoms with Gasteiger partial charge in [-0.15, -0.1) is 0 Å². The van der Waals surface area contributed by atoms with Crippen molar-refractivity contribution >= 4 is 5.82 Å². The zero-order valence-corrected chi connectivity index (χ0v) is 6.45. The smallest absolute Gasteiger partial charge is 0.132 e. The summed E-state index contributed by atoms with van der Waals surface area (Å²) < 4.78 is 4.86. The Balaban J connectivity index is 2.56. The maximum absolute atomic E-state index is 5.44. The van der Waals surface area contributed by atoms with Crippen LogP contribution in [0, 0.1) is 0 Å². The van der Waals surface area contributed by atoms with Crippen LogP contribution in [-0.2, 0) is 11.2 Å². The minimum atomic E-state index is 0.506. The lowest BCUT2D eigenvalue weighted by molar-refractivity contribution is 0.200. The van der Waals surface area contributed by atoms with Crippen LogP contribution < -0.4 is 5.73 Å². The number of nitrogens with zero attached hydrogens (tertiary/aromatic N) is 2. The molecule has 1 aromatic rings.